The standard InChI is InChI=1S/C27H24ClNO5/c1-2-32-27-22(4-3-5-24(27)28)19-8-6-18(7-9-19)17-33-21-12-10-20(11-13-21)23(16-26(30)31)25-14-15-34-29-25/h3-15,23H,2,16-17H2,1H3,(H,30,31)/t23-/m0/s1. The van der Waals surface area contributed by atoms with E-state index in [1.807, 2.05) is 73.7 Å². The van der Waals surface area contributed by atoms with Crippen LogP contribution in [-0.4, -0.2) is 22.8 Å². The number of carboxylic acids is 1. The summed E-state index contributed by atoms with van der Waals surface area (Å²) in [5.41, 5.74) is 4.39. The van der Waals surface area contributed by atoms with E-state index in [0.717, 1.165) is 22.3 Å². The Kier molecular flexibility index (Phi) is 7.50. The Balaban J connectivity index is 1.42. The molecule has 0 bridgehead atoms. The average molecular weight is 478 g/mol. The van der Waals surface area contributed by atoms with E-state index in [1.165, 1.54) is 6.26 Å². The van der Waals surface area contributed by atoms with Gasteiger partial charge in [0, 0.05) is 17.5 Å². The summed E-state index contributed by atoms with van der Waals surface area (Å²) < 4.78 is 16.5. The molecule has 1 atom stereocenters. The Hall–Kier alpha value is -3.77. The van der Waals surface area contributed by atoms with Crippen molar-refractivity contribution >= 4 is 17.6 Å². The van der Waals surface area contributed by atoms with Crippen molar-refractivity contribution in [2.24, 2.45) is 0 Å². The van der Waals surface area contributed by atoms with Gasteiger partial charge in [-0.3, -0.25) is 4.79 Å². The van der Waals surface area contributed by atoms with E-state index < -0.39 is 5.97 Å². The Morgan fingerprint density at radius 2 is 1.79 bits per heavy atom. The van der Waals surface area contributed by atoms with Crippen LogP contribution in [0.4, 0.5) is 0 Å². The zero-order valence-electron chi connectivity index (χ0n) is 18.6. The fourth-order valence-electron chi connectivity index (χ4n) is 3.74. The minimum absolute atomic E-state index is 0.0727. The van der Waals surface area contributed by atoms with Crippen LogP contribution in [0.15, 0.2) is 83.6 Å². The Morgan fingerprint density at radius 1 is 1.03 bits per heavy atom. The van der Waals surface area contributed by atoms with Crippen molar-refractivity contribution in [1.29, 1.82) is 0 Å². The van der Waals surface area contributed by atoms with Gasteiger partial charge in [0.15, 0.2) is 0 Å². The maximum absolute atomic E-state index is 11.3. The number of carbonyl (C=O) groups is 1. The van der Waals surface area contributed by atoms with E-state index >= 15 is 0 Å². The summed E-state index contributed by atoms with van der Waals surface area (Å²) in [6.07, 6.45) is 1.37. The maximum Gasteiger partial charge on any atom is 0.304 e. The highest BCUT2D eigenvalue weighted by molar-refractivity contribution is 6.32. The monoisotopic (exact) mass is 477 g/mol. The Morgan fingerprint density at radius 3 is 2.44 bits per heavy atom. The van der Waals surface area contributed by atoms with Crippen LogP contribution >= 0.6 is 11.6 Å². The van der Waals surface area contributed by atoms with Crippen molar-refractivity contribution in [3.63, 3.8) is 0 Å². The first-order chi connectivity index (χ1) is 16.5. The molecule has 4 rings (SSSR count). The van der Waals surface area contributed by atoms with Gasteiger partial charge in [0.25, 0.3) is 0 Å². The topological polar surface area (TPSA) is 81.8 Å². The highest BCUT2D eigenvalue weighted by Crippen LogP contribution is 2.36. The molecule has 174 valence electrons. The van der Waals surface area contributed by atoms with Crippen LogP contribution < -0.4 is 9.47 Å². The molecule has 4 aromatic rings. The summed E-state index contributed by atoms with van der Waals surface area (Å²) in [7, 11) is 0. The molecule has 0 radical (unpaired) electrons. The van der Waals surface area contributed by atoms with E-state index in [-0.39, 0.29) is 12.3 Å². The number of halogens is 1. The molecule has 0 spiro atoms. The van der Waals surface area contributed by atoms with Gasteiger partial charge in [0.2, 0.25) is 0 Å². The van der Waals surface area contributed by atoms with Crippen molar-refractivity contribution < 1.29 is 23.9 Å². The summed E-state index contributed by atoms with van der Waals surface area (Å²) in [6.45, 7) is 2.87. The molecule has 34 heavy (non-hydrogen) atoms. The highest BCUT2D eigenvalue weighted by atomic mass is 35.5. The van der Waals surface area contributed by atoms with E-state index in [2.05, 4.69) is 5.16 Å². The van der Waals surface area contributed by atoms with Crippen molar-refractivity contribution in [2.75, 3.05) is 6.61 Å². The van der Waals surface area contributed by atoms with E-state index in [1.54, 1.807) is 6.07 Å². The van der Waals surface area contributed by atoms with Gasteiger partial charge in [0.1, 0.15) is 24.4 Å². The maximum atomic E-state index is 11.3. The molecule has 0 amide bonds. The first-order valence-electron chi connectivity index (χ1n) is 10.9. The molecule has 0 unspecified atom stereocenters. The summed E-state index contributed by atoms with van der Waals surface area (Å²) in [5, 5.41) is 13.8. The average Bonchev–Trinajstić information content (AvgIpc) is 3.38. The largest absolute Gasteiger partial charge is 0.492 e. The zero-order chi connectivity index (χ0) is 23.9. The number of hydrogen-bond donors (Lipinski definition) is 1. The number of para-hydroxylation sites is 1. The molecule has 0 aliphatic carbocycles. The van der Waals surface area contributed by atoms with Crippen LogP contribution in [0.2, 0.25) is 5.02 Å². The fraction of sp³-hybridized carbons (Fsp3) is 0.185. The second-order valence-corrected chi connectivity index (χ2v) is 8.09. The lowest BCUT2D eigenvalue weighted by Crippen LogP contribution is -2.08. The zero-order valence-corrected chi connectivity index (χ0v) is 19.4. The predicted molar refractivity (Wildman–Crippen MR) is 129 cm³/mol. The minimum atomic E-state index is -0.900. The molecule has 1 heterocycles. The van der Waals surface area contributed by atoms with E-state index in [9.17, 15) is 9.90 Å². The van der Waals surface area contributed by atoms with Crippen LogP contribution in [0.5, 0.6) is 11.5 Å². The number of nitrogens with zero attached hydrogens (tertiary/aromatic N) is 1. The number of rotatable bonds is 10. The Bertz CT molecular complexity index is 1220. The van der Waals surface area contributed by atoms with Gasteiger partial charge in [-0.05, 0) is 41.8 Å². The summed E-state index contributed by atoms with van der Waals surface area (Å²) >= 11 is 6.31. The molecule has 1 N–H and O–H groups in total. The molecule has 0 fully saturated rings. The minimum Gasteiger partial charge on any atom is -0.492 e. The molecule has 1 aromatic heterocycles. The molecular formula is C27H24ClNO5. The van der Waals surface area contributed by atoms with Crippen LogP contribution in [0, 0.1) is 0 Å². The highest BCUT2D eigenvalue weighted by Gasteiger charge is 2.20. The third kappa shape index (κ3) is 5.58. The first-order valence-corrected chi connectivity index (χ1v) is 11.3. The molecule has 3 aromatic carbocycles. The third-order valence-corrected chi connectivity index (χ3v) is 5.70. The molecule has 0 aliphatic rings. The van der Waals surface area contributed by atoms with Crippen LogP contribution in [0.25, 0.3) is 11.1 Å². The molecule has 0 saturated carbocycles. The van der Waals surface area contributed by atoms with Gasteiger partial charge in [0.05, 0.1) is 23.7 Å². The lowest BCUT2D eigenvalue weighted by molar-refractivity contribution is -0.137. The third-order valence-electron chi connectivity index (χ3n) is 5.40. The molecular weight excluding hydrogens is 454 g/mol. The smallest absolute Gasteiger partial charge is 0.304 e. The van der Waals surface area contributed by atoms with Crippen molar-refractivity contribution in [3.8, 4) is 22.6 Å². The number of aromatic nitrogens is 1. The van der Waals surface area contributed by atoms with Gasteiger partial charge in [-0.15, -0.1) is 0 Å². The molecule has 0 saturated heterocycles. The number of ether oxygens (including phenoxy) is 2. The van der Waals surface area contributed by atoms with E-state index in [0.29, 0.717) is 35.4 Å². The van der Waals surface area contributed by atoms with Crippen LogP contribution in [0.1, 0.15) is 36.1 Å². The second kappa shape index (κ2) is 10.9. The molecule has 6 nitrogen and oxygen atoms in total. The Labute approximate surface area is 202 Å². The molecule has 7 heteroatoms. The number of benzene rings is 3. The first kappa shape index (κ1) is 23.4. The van der Waals surface area contributed by atoms with Gasteiger partial charge in [-0.2, -0.15) is 0 Å². The van der Waals surface area contributed by atoms with Gasteiger partial charge in [-0.25, -0.2) is 0 Å². The van der Waals surface area contributed by atoms with Crippen molar-refractivity contribution in [2.45, 2.75) is 25.9 Å². The number of carboxylic acid groups (broad SMARTS) is 1. The van der Waals surface area contributed by atoms with Gasteiger partial charge >= 0.3 is 5.97 Å². The quantitative estimate of drug-likeness (QED) is 0.278. The normalized spacial score (nSPS) is 11.7. The van der Waals surface area contributed by atoms with Gasteiger partial charge < -0.3 is 19.1 Å². The lowest BCUT2D eigenvalue weighted by Gasteiger charge is -2.14. The predicted octanol–water partition coefficient (Wildman–Crippen LogP) is 6.58. The summed E-state index contributed by atoms with van der Waals surface area (Å²) in [6, 6.07) is 22.8. The SMILES string of the molecule is CCOc1c(Cl)cccc1-c1ccc(COc2ccc([C@H](CC(=O)O)c3ccon3)cc2)cc1. The molecule has 0 aliphatic heterocycles. The number of aliphatic carboxylic acids is 1. The summed E-state index contributed by atoms with van der Waals surface area (Å²) in [5.74, 6) is 0.0898. The summed E-state index contributed by atoms with van der Waals surface area (Å²) in [4.78, 5) is 11.3. The van der Waals surface area contributed by atoms with Crippen molar-refractivity contribution in [3.05, 3.63) is 101 Å². The second-order valence-electron chi connectivity index (χ2n) is 7.68. The number of hydrogen-bond acceptors (Lipinski definition) is 5. The fourth-order valence-corrected chi connectivity index (χ4v) is 3.97. The van der Waals surface area contributed by atoms with E-state index in [4.69, 9.17) is 25.6 Å². The van der Waals surface area contributed by atoms with Gasteiger partial charge in [-0.1, -0.05) is 65.3 Å². The lowest BCUT2D eigenvalue weighted by atomic mass is 9.92. The van der Waals surface area contributed by atoms with Crippen LogP contribution in [-0.2, 0) is 11.4 Å². The van der Waals surface area contributed by atoms with Crippen molar-refractivity contribution in [1.82, 2.24) is 5.16 Å². The van der Waals surface area contributed by atoms with Crippen LogP contribution in [0.3, 0.4) is 0 Å².